The number of amides is 1. The second-order valence-corrected chi connectivity index (χ2v) is 7.70. The van der Waals surface area contributed by atoms with Crippen molar-refractivity contribution in [2.75, 3.05) is 33.9 Å². The molecule has 1 aliphatic rings. The number of nitrogens with one attached hydrogen (secondary N) is 1. The number of rotatable bonds is 8. The van der Waals surface area contributed by atoms with Crippen LogP contribution < -0.4 is 14.8 Å². The number of β-amino-alcohol motifs (C(OH)–C–C–N with tert-alkyl or cyclic N) is 1. The number of aliphatic hydroxyl groups is 2. The summed E-state index contributed by atoms with van der Waals surface area (Å²) in [5.41, 5.74) is 0.597. The summed E-state index contributed by atoms with van der Waals surface area (Å²) in [7, 11) is 3.19. The summed E-state index contributed by atoms with van der Waals surface area (Å²) >= 11 is 0. The van der Waals surface area contributed by atoms with Gasteiger partial charge in [-0.1, -0.05) is 30.3 Å². The topological polar surface area (TPSA) is 91.3 Å². The van der Waals surface area contributed by atoms with E-state index in [1.165, 1.54) is 0 Å². The molecule has 0 spiro atoms. The highest BCUT2D eigenvalue weighted by Crippen LogP contribution is 2.25. The number of hydrogen-bond acceptors (Lipinski definition) is 6. The van der Waals surface area contributed by atoms with E-state index in [1.807, 2.05) is 42.5 Å². The van der Waals surface area contributed by atoms with Gasteiger partial charge in [0.25, 0.3) is 0 Å². The molecule has 2 aromatic rings. The van der Waals surface area contributed by atoms with Crippen LogP contribution in [0.3, 0.4) is 0 Å². The summed E-state index contributed by atoms with van der Waals surface area (Å²) in [6, 6.07) is 15.1. The first kappa shape index (κ1) is 22.1. The first-order valence-electron chi connectivity index (χ1n) is 10.1. The van der Waals surface area contributed by atoms with Crippen molar-refractivity contribution in [1.82, 2.24) is 10.2 Å². The third-order valence-electron chi connectivity index (χ3n) is 5.55. The first-order chi connectivity index (χ1) is 14.4. The van der Waals surface area contributed by atoms with E-state index in [9.17, 15) is 15.0 Å². The summed E-state index contributed by atoms with van der Waals surface area (Å²) in [6.45, 7) is 1.23. The SMILES string of the molecule is COc1cc(CNC[C@@]2(O)CCN(C(=O)Cc3ccccc3)C[C@@H]2O)cc(OC)c1. The van der Waals surface area contributed by atoms with Crippen LogP contribution in [0.15, 0.2) is 48.5 Å². The van der Waals surface area contributed by atoms with E-state index in [-0.39, 0.29) is 19.0 Å². The van der Waals surface area contributed by atoms with Crippen LogP contribution in [0.2, 0.25) is 0 Å². The molecule has 2 atom stereocenters. The fourth-order valence-electron chi connectivity index (χ4n) is 3.67. The number of ether oxygens (including phenoxy) is 2. The zero-order valence-corrected chi connectivity index (χ0v) is 17.5. The fraction of sp³-hybridized carbons (Fsp3) is 0.435. The predicted octanol–water partition coefficient (Wildman–Crippen LogP) is 1.36. The van der Waals surface area contributed by atoms with Gasteiger partial charge in [0.2, 0.25) is 5.91 Å². The molecule has 3 rings (SSSR count). The molecule has 0 bridgehead atoms. The number of piperidine rings is 1. The highest BCUT2D eigenvalue weighted by molar-refractivity contribution is 5.79. The lowest BCUT2D eigenvalue weighted by molar-refractivity contribution is -0.148. The van der Waals surface area contributed by atoms with Crippen LogP contribution in [0, 0.1) is 0 Å². The third-order valence-corrected chi connectivity index (χ3v) is 5.55. The Morgan fingerprint density at radius 1 is 1.13 bits per heavy atom. The minimum absolute atomic E-state index is 0.0428. The minimum Gasteiger partial charge on any atom is -0.497 e. The quantitative estimate of drug-likeness (QED) is 0.604. The predicted molar refractivity (Wildman–Crippen MR) is 114 cm³/mol. The molecule has 3 N–H and O–H groups in total. The molecule has 162 valence electrons. The van der Waals surface area contributed by atoms with Crippen LogP contribution >= 0.6 is 0 Å². The number of likely N-dealkylation sites (tertiary alicyclic amines) is 1. The number of methoxy groups -OCH3 is 2. The van der Waals surface area contributed by atoms with Crippen LogP contribution in [0.25, 0.3) is 0 Å². The Morgan fingerprint density at radius 2 is 1.80 bits per heavy atom. The molecule has 1 fully saturated rings. The Kier molecular flexibility index (Phi) is 7.31. The highest BCUT2D eigenvalue weighted by atomic mass is 16.5. The molecule has 1 heterocycles. The molecule has 1 amide bonds. The van der Waals surface area contributed by atoms with Gasteiger partial charge in [-0.3, -0.25) is 4.79 Å². The number of benzene rings is 2. The molecule has 30 heavy (non-hydrogen) atoms. The van der Waals surface area contributed by atoms with Gasteiger partial charge in [0.15, 0.2) is 0 Å². The molecule has 0 aliphatic carbocycles. The number of nitrogens with zero attached hydrogens (tertiary/aromatic N) is 1. The molecule has 1 aliphatic heterocycles. The van der Waals surface area contributed by atoms with Crippen LogP contribution in [-0.2, 0) is 17.8 Å². The van der Waals surface area contributed by atoms with Gasteiger partial charge < -0.3 is 29.9 Å². The van der Waals surface area contributed by atoms with Gasteiger partial charge in [-0.25, -0.2) is 0 Å². The van der Waals surface area contributed by atoms with Crippen LogP contribution in [-0.4, -0.2) is 66.6 Å². The molecule has 1 saturated heterocycles. The Morgan fingerprint density at radius 3 is 2.40 bits per heavy atom. The van der Waals surface area contributed by atoms with Crippen molar-refractivity contribution in [3.63, 3.8) is 0 Å². The Hall–Kier alpha value is -2.61. The summed E-state index contributed by atoms with van der Waals surface area (Å²) in [5, 5.41) is 24.7. The molecule has 0 radical (unpaired) electrons. The summed E-state index contributed by atoms with van der Waals surface area (Å²) in [4.78, 5) is 14.2. The van der Waals surface area contributed by atoms with Gasteiger partial charge in [0.05, 0.1) is 20.6 Å². The van der Waals surface area contributed by atoms with Crippen molar-refractivity contribution in [3.05, 3.63) is 59.7 Å². The van der Waals surface area contributed by atoms with Crippen LogP contribution in [0.1, 0.15) is 17.5 Å². The van der Waals surface area contributed by atoms with Gasteiger partial charge in [-0.05, 0) is 29.7 Å². The monoisotopic (exact) mass is 414 g/mol. The maximum absolute atomic E-state index is 12.5. The second kappa shape index (κ2) is 9.93. The lowest BCUT2D eigenvalue weighted by Crippen LogP contribution is -2.60. The van der Waals surface area contributed by atoms with E-state index in [0.717, 1.165) is 11.1 Å². The zero-order valence-electron chi connectivity index (χ0n) is 17.5. The van der Waals surface area contributed by atoms with E-state index in [0.29, 0.717) is 37.4 Å². The normalized spacial score (nSPS) is 21.3. The molecule has 7 nitrogen and oxygen atoms in total. The largest absolute Gasteiger partial charge is 0.497 e. The average Bonchev–Trinajstić information content (AvgIpc) is 2.76. The number of carbonyl (C=O) groups excluding carboxylic acids is 1. The smallest absolute Gasteiger partial charge is 0.227 e. The highest BCUT2D eigenvalue weighted by Gasteiger charge is 2.41. The van der Waals surface area contributed by atoms with E-state index in [2.05, 4.69) is 5.32 Å². The van der Waals surface area contributed by atoms with Gasteiger partial charge in [0.1, 0.15) is 23.2 Å². The second-order valence-electron chi connectivity index (χ2n) is 7.70. The van der Waals surface area contributed by atoms with Gasteiger partial charge >= 0.3 is 0 Å². The summed E-state index contributed by atoms with van der Waals surface area (Å²) in [6.07, 6.45) is -0.413. The maximum atomic E-state index is 12.5. The van der Waals surface area contributed by atoms with E-state index in [1.54, 1.807) is 25.2 Å². The van der Waals surface area contributed by atoms with Gasteiger partial charge in [-0.15, -0.1) is 0 Å². The number of hydrogen-bond donors (Lipinski definition) is 3. The van der Waals surface area contributed by atoms with Gasteiger partial charge in [0, 0.05) is 32.2 Å². The van der Waals surface area contributed by atoms with Gasteiger partial charge in [-0.2, -0.15) is 0 Å². The lowest BCUT2D eigenvalue weighted by Gasteiger charge is -2.42. The van der Waals surface area contributed by atoms with Crippen molar-refractivity contribution in [1.29, 1.82) is 0 Å². The molecular weight excluding hydrogens is 384 g/mol. The summed E-state index contributed by atoms with van der Waals surface area (Å²) in [5.74, 6) is 1.34. The maximum Gasteiger partial charge on any atom is 0.227 e. The van der Waals surface area contributed by atoms with Crippen molar-refractivity contribution in [2.24, 2.45) is 0 Å². The summed E-state index contributed by atoms with van der Waals surface area (Å²) < 4.78 is 10.5. The van der Waals surface area contributed by atoms with E-state index >= 15 is 0 Å². The van der Waals surface area contributed by atoms with Crippen molar-refractivity contribution in [2.45, 2.75) is 31.1 Å². The number of carbonyl (C=O) groups is 1. The van der Waals surface area contributed by atoms with Crippen LogP contribution in [0.4, 0.5) is 0 Å². The van der Waals surface area contributed by atoms with Crippen molar-refractivity contribution in [3.8, 4) is 11.5 Å². The van der Waals surface area contributed by atoms with E-state index < -0.39 is 11.7 Å². The standard InChI is InChI=1S/C23H30N2O5/c1-29-19-10-18(11-20(13-19)30-2)14-24-16-23(28)8-9-25(15-21(23)26)22(27)12-17-6-4-3-5-7-17/h3-7,10-11,13,21,24,26,28H,8-9,12,14-16H2,1-2H3/t21-,23-/m0/s1. The molecule has 7 heteroatoms. The third kappa shape index (κ3) is 5.50. The number of aliphatic hydroxyl groups excluding tert-OH is 1. The Labute approximate surface area is 177 Å². The molecule has 0 saturated carbocycles. The molecule has 2 aromatic carbocycles. The Balaban J connectivity index is 1.52. The zero-order chi connectivity index (χ0) is 21.6. The lowest BCUT2D eigenvalue weighted by atomic mass is 9.88. The molecule has 0 unspecified atom stereocenters. The first-order valence-corrected chi connectivity index (χ1v) is 10.1. The Bertz CT molecular complexity index is 822. The van der Waals surface area contributed by atoms with E-state index in [4.69, 9.17) is 9.47 Å². The average molecular weight is 415 g/mol. The molecule has 0 aromatic heterocycles. The van der Waals surface area contributed by atoms with Crippen molar-refractivity contribution < 1.29 is 24.5 Å². The van der Waals surface area contributed by atoms with Crippen molar-refractivity contribution >= 4 is 5.91 Å². The molecular formula is C23H30N2O5. The fourth-order valence-corrected chi connectivity index (χ4v) is 3.67. The minimum atomic E-state index is -1.29. The van der Waals surface area contributed by atoms with Crippen LogP contribution in [0.5, 0.6) is 11.5 Å².